The molecule has 1 unspecified atom stereocenters. The molecule has 5 rings (SSSR count). The molecule has 4 aromatic carbocycles. The quantitative estimate of drug-likeness (QED) is 0.192. The van der Waals surface area contributed by atoms with E-state index in [-0.39, 0.29) is 0 Å². The fourth-order valence-corrected chi connectivity index (χ4v) is 4.27. The summed E-state index contributed by atoms with van der Waals surface area (Å²) in [4.78, 5) is 7.89. The van der Waals surface area contributed by atoms with Crippen LogP contribution < -0.4 is 11.2 Å². The maximum atomic E-state index is 5.92. The van der Waals surface area contributed by atoms with Gasteiger partial charge in [0.25, 0.3) is 0 Å². The van der Waals surface area contributed by atoms with Crippen molar-refractivity contribution in [1.29, 1.82) is 0 Å². The van der Waals surface area contributed by atoms with Crippen LogP contribution in [0.15, 0.2) is 126 Å². The number of pyridine rings is 1. The topological polar surface area (TPSA) is 54.2 Å². The number of hydrogen-bond donors (Lipinski definition) is 2. The van der Waals surface area contributed by atoms with Crippen LogP contribution in [0.1, 0.15) is 0 Å². The first-order chi connectivity index (χ1) is 16.7. The summed E-state index contributed by atoms with van der Waals surface area (Å²) < 4.78 is 0. The van der Waals surface area contributed by atoms with Crippen molar-refractivity contribution in [3.63, 3.8) is 0 Å². The number of nitrogens with zero attached hydrogens (tertiary/aromatic N) is 1. The van der Waals surface area contributed by atoms with Crippen LogP contribution in [0.25, 0.3) is 44.5 Å². The lowest BCUT2D eigenvalue weighted by Crippen LogP contribution is -2.18. The Kier molecular flexibility index (Phi) is 6.52. The smallest absolute Gasteiger partial charge is 0.155 e. The molecule has 0 spiro atoms. The zero-order chi connectivity index (χ0) is 23.3. The highest BCUT2D eigenvalue weighted by Gasteiger charge is 2.08. The van der Waals surface area contributed by atoms with E-state index in [1.54, 1.807) is 0 Å². The standard InChI is InChI=1S/C30H24BrN3/c31-30(32)34-29-28(26-17-15-24(16-18-26)22-9-5-2-6-10-22)19-27(20-33-29)25-13-11-23(12-14-25)21-7-3-1-4-8-21/h1-20,30H,32H2,(H,33,34). The molecule has 1 heterocycles. The van der Waals surface area contributed by atoms with Gasteiger partial charge < -0.3 is 10.7 Å². The first-order valence-electron chi connectivity index (χ1n) is 11.2. The molecule has 0 amide bonds. The fraction of sp³-hybridized carbons (Fsp3) is 0.0333. The van der Waals surface area contributed by atoms with Crippen LogP contribution in [0.3, 0.4) is 0 Å². The second-order valence-corrected chi connectivity index (χ2v) is 8.98. The summed E-state index contributed by atoms with van der Waals surface area (Å²) in [6.45, 7) is 0. The van der Waals surface area contributed by atoms with Gasteiger partial charge in [-0.3, -0.25) is 0 Å². The van der Waals surface area contributed by atoms with Gasteiger partial charge in [-0.25, -0.2) is 4.99 Å². The number of rotatable bonds is 5. The van der Waals surface area contributed by atoms with Crippen molar-refractivity contribution in [3.8, 4) is 44.5 Å². The molecule has 0 aliphatic carbocycles. The number of nitrogens with two attached hydrogens (primary N) is 1. The molecule has 0 aliphatic rings. The first kappa shape index (κ1) is 22.1. The lowest BCUT2D eigenvalue weighted by Gasteiger charge is -2.10. The number of aromatic nitrogens is 1. The van der Waals surface area contributed by atoms with Gasteiger partial charge in [-0.15, -0.1) is 0 Å². The number of hydrogen-bond acceptors (Lipinski definition) is 2. The average Bonchev–Trinajstić information content (AvgIpc) is 2.90. The zero-order valence-electron chi connectivity index (χ0n) is 18.5. The van der Waals surface area contributed by atoms with E-state index in [1.165, 1.54) is 22.3 Å². The number of benzene rings is 4. The third-order valence-corrected chi connectivity index (χ3v) is 6.00. The molecule has 0 bridgehead atoms. The Bertz CT molecular complexity index is 1440. The van der Waals surface area contributed by atoms with E-state index < -0.39 is 5.08 Å². The van der Waals surface area contributed by atoms with E-state index in [4.69, 9.17) is 5.73 Å². The Balaban J connectivity index is 1.53. The third kappa shape index (κ3) is 4.93. The van der Waals surface area contributed by atoms with Crippen LogP contribution in [0.4, 0.5) is 0 Å². The van der Waals surface area contributed by atoms with E-state index in [0.29, 0.717) is 0 Å². The predicted octanol–water partition coefficient (Wildman–Crippen LogP) is 7.22. The van der Waals surface area contributed by atoms with Gasteiger partial charge in [-0.1, -0.05) is 109 Å². The zero-order valence-corrected chi connectivity index (χ0v) is 20.1. The molecule has 0 saturated carbocycles. The Morgan fingerprint density at radius 2 is 0.971 bits per heavy atom. The van der Waals surface area contributed by atoms with E-state index >= 15 is 0 Å². The summed E-state index contributed by atoms with van der Waals surface area (Å²) in [6, 6.07) is 40.1. The molecular weight excluding hydrogens is 482 g/mol. The molecule has 166 valence electrons. The normalized spacial score (nSPS) is 12.5. The van der Waals surface area contributed by atoms with Gasteiger partial charge in [0.05, 0.1) is 0 Å². The number of halogens is 1. The first-order valence-corrected chi connectivity index (χ1v) is 12.1. The van der Waals surface area contributed by atoms with Gasteiger partial charge in [-0.05, 0) is 60.9 Å². The predicted molar refractivity (Wildman–Crippen MR) is 145 cm³/mol. The minimum Gasteiger partial charge on any atom is -0.346 e. The molecule has 5 aromatic rings. The molecule has 34 heavy (non-hydrogen) atoms. The lowest BCUT2D eigenvalue weighted by atomic mass is 9.97. The summed E-state index contributed by atoms with van der Waals surface area (Å²) >= 11 is 3.34. The molecule has 4 heteroatoms. The SMILES string of the molecule is NC(Br)/N=c1\[nH]cc(-c2ccc(-c3ccccc3)cc2)cc1-c1ccc(-c2ccccc2)cc1. The minimum absolute atomic E-state index is 0.484. The van der Waals surface area contributed by atoms with E-state index in [2.05, 4.69) is 129 Å². The number of aromatic amines is 1. The molecular formula is C30H24BrN3. The number of alkyl halides is 1. The maximum Gasteiger partial charge on any atom is 0.155 e. The van der Waals surface area contributed by atoms with E-state index in [0.717, 1.165) is 27.7 Å². The van der Waals surface area contributed by atoms with Gasteiger partial charge in [0.2, 0.25) is 0 Å². The second kappa shape index (κ2) is 10.0. The molecule has 0 saturated heterocycles. The van der Waals surface area contributed by atoms with Crippen molar-refractivity contribution in [3.05, 3.63) is 127 Å². The highest BCUT2D eigenvalue weighted by Crippen LogP contribution is 2.28. The summed E-state index contributed by atoms with van der Waals surface area (Å²) in [6.07, 6.45) is 1.98. The van der Waals surface area contributed by atoms with Crippen LogP contribution in [0, 0.1) is 0 Å². The van der Waals surface area contributed by atoms with Crippen LogP contribution in [-0.2, 0) is 0 Å². The molecule has 1 atom stereocenters. The molecule has 0 radical (unpaired) electrons. The largest absolute Gasteiger partial charge is 0.346 e. The van der Waals surface area contributed by atoms with E-state index in [1.807, 2.05) is 18.3 Å². The summed E-state index contributed by atoms with van der Waals surface area (Å²) in [5.41, 5.74) is 15.7. The summed E-state index contributed by atoms with van der Waals surface area (Å²) in [5, 5.41) is -0.484. The Morgan fingerprint density at radius 3 is 1.44 bits per heavy atom. The fourth-order valence-electron chi connectivity index (χ4n) is 4.06. The number of nitrogens with one attached hydrogen (secondary N) is 1. The van der Waals surface area contributed by atoms with Crippen LogP contribution in [-0.4, -0.2) is 10.1 Å². The van der Waals surface area contributed by atoms with Crippen molar-refractivity contribution >= 4 is 15.9 Å². The monoisotopic (exact) mass is 505 g/mol. The lowest BCUT2D eigenvalue weighted by molar-refractivity contribution is 0.930. The third-order valence-electron chi connectivity index (χ3n) is 5.80. The van der Waals surface area contributed by atoms with Crippen molar-refractivity contribution in [2.75, 3.05) is 0 Å². The number of H-pyrrole nitrogens is 1. The Morgan fingerprint density at radius 1 is 0.559 bits per heavy atom. The maximum absolute atomic E-state index is 5.92. The van der Waals surface area contributed by atoms with Crippen molar-refractivity contribution in [2.24, 2.45) is 10.7 Å². The van der Waals surface area contributed by atoms with Gasteiger partial charge in [0.15, 0.2) is 5.08 Å². The molecule has 0 aliphatic heterocycles. The highest BCUT2D eigenvalue weighted by molar-refractivity contribution is 9.09. The summed E-state index contributed by atoms with van der Waals surface area (Å²) in [5.74, 6) is 0. The van der Waals surface area contributed by atoms with Gasteiger partial charge in [-0.2, -0.15) is 0 Å². The minimum atomic E-state index is -0.484. The second-order valence-electron chi connectivity index (χ2n) is 8.04. The van der Waals surface area contributed by atoms with Crippen LogP contribution >= 0.6 is 15.9 Å². The Hall–Kier alpha value is -3.73. The van der Waals surface area contributed by atoms with Gasteiger partial charge >= 0.3 is 0 Å². The highest BCUT2D eigenvalue weighted by atomic mass is 79.9. The molecule has 1 aromatic heterocycles. The molecule has 3 nitrogen and oxygen atoms in total. The molecule has 3 N–H and O–H groups in total. The van der Waals surface area contributed by atoms with Crippen molar-refractivity contribution < 1.29 is 0 Å². The average molecular weight is 506 g/mol. The molecule has 0 fully saturated rings. The van der Waals surface area contributed by atoms with Gasteiger partial charge in [0.1, 0.15) is 5.49 Å². The summed E-state index contributed by atoms with van der Waals surface area (Å²) in [7, 11) is 0. The van der Waals surface area contributed by atoms with Crippen molar-refractivity contribution in [1.82, 2.24) is 4.98 Å². The van der Waals surface area contributed by atoms with Crippen LogP contribution in [0.2, 0.25) is 0 Å². The van der Waals surface area contributed by atoms with Crippen molar-refractivity contribution in [2.45, 2.75) is 5.08 Å². The van der Waals surface area contributed by atoms with E-state index in [9.17, 15) is 0 Å². The van der Waals surface area contributed by atoms with Crippen LogP contribution in [0.5, 0.6) is 0 Å². The Labute approximate surface area is 207 Å². The van der Waals surface area contributed by atoms with Gasteiger partial charge in [0, 0.05) is 11.8 Å².